The van der Waals surface area contributed by atoms with Crippen molar-refractivity contribution in [3.05, 3.63) is 34.9 Å². The van der Waals surface area contributed by atoms with Gasteiger partial charge in [-0.25, -0.2) is 4.98 Å². The molecule has 0 spiro atoms. The molecule has 0 aliphatic heterocycles. The quantitative estimate of drug-likeness (QED) is 0.729. The van der Waals surface area contributed by atoms with E-state index in [0.29, 0.717) is 29.7 Å². The second-order valence-electron chi connectivity index (χ2n) is 6.07. The topological polar surface area (TPSA) is 61.2 Å². The van der Waals surface area contributed by atoms with Gasteiger partial charge < -0.3 is 14.8 Å². The van der Waals surface area contributed by atoms with Crippen molar-refractivity contribution in [3.63, 3.8) is 0 Å². The number of hydrogen-bond donors (Lipinski definition) is 1. The largest absolute Gasteiger partial charge is 0.490 e. The first-order chi connectivity index (χ1) is 12.0. The molecule has 0 saturated carbocycles. The van der Waals surface area contributed by atoms with E-state index in [4.69, 9.17) is 21.1 Å². The van der Waals surface area contributed by atoms with Crippen LogP contribution in [0.5, 0.6) is 11.5 Å². The number of nitrogens with one attached hydrogen (secondary N) is 1. The zero-order chi connectivity index (χ0) is 18.4. The molecule has 0 aliphatic rings. The highest BCUT2D eigenvalue weighted by Crippen LogP contribution is 2.34. The minimum atomic E-state index is 0.0552. The molecule has 0 unspecified atom stereocenters. The van der Waals surface area contributed by atoms with Crippen LogP contribution in [0.3, 0.4) is 0 Å². The molecule has 6 nitrogen and oxygen atoms in total. The predicted octanol–water partition coefficient (Wildman–Crippen LogP) is 3.90. The van der Waals surface area contributed by atoms with Crippen molar-refractivity contribution in [3.8, 4) is 11.5 Å². The van der Waals surface area contributed by atoms with Crippen LogP contribution in [0.1, 0.15) is 51.5 Å². The molecule has 0 fully saturated rings. The van der Waals surface area contributed by atoms with Crippen molar-refractivity contribution >= 4 is 11.6 Å². The molecule has 2 aromatic rings. The van der Waals surface area contributed by atoms with E-state index in [1.54, 1.807) is 11.0 Å². The van der Waals surface area contributed by atoms with Crippen LogP contribution in [0, 0.1) is 0 Å². The summed E-state index contributed by atoms with van der Waals surface area (Å²) in [5, 5.41) is 8.29. The number of aryl methyl sites for hydroxylation is 1. The van der Waals surface area contributed by atoms with Crippen LogP contribution in [0.25, 0.3) is 0 Å². The molecule has 25 heavy (non-hydrogen) atoms. The van der Waals surface area contributed by atoms with Gasteiger partial charge in [-0.15, -0.1) is 0 Å². The van der Waals surface area contributed by atoms with E-state index in [0.717, 1.165) is 17.8 Å². The van der Waals surface area contributed by atoms with Crippen molar-refractivity contribution in [1.29, 1.82) is 0 Å². The highest BCUT2D eigenvalue weighted by atomic mass is 35.5. The van der Waals surface area contributed by atoms with E-state index < -0.39 is 0 Å². The van der Waals surface area contributed by atoms with Crippen LogP contribution >= 0.6 is 11.6 Å². The molecule has 0 aliphatic carbocycles. The van der Waals surface area contributed by atoms with Gasteiger partial charge in [0, 0.05) is 24.7 Å². The zero-order valence-electron chi connectivity index (χ0n) is 15.5. The van der Waals surface area contributed by atoms with Gasteiger partial charge in [0.05, 0.1) is 18.8 Å². The van der Waals surface area contributed by atoms with E-state index in [-0.39, 0.29) is 12.1 Å². The number of ether oxygens (including phenoxy) is 2. The summed E-state index contributed by atoms with van der Waals surface area (Å²) < 4.78 is 13.3. The molecule has 1 N–H and O–H groups in total. The molecule has 1 aromatic carbocycles. The Bertz CT molecular complexity index is 688. The lowest BCUT2D eigenvalue weighted by Gasteiger charge is -2.19. The van der Waals surface area contributed by atoms with Crippen LogP contribution in [0.15, 0.2) is 18.5 Å². The average molecular weight is 367 g/mol. The first-order valence-electron chi connectivity index (χ1n) is 8.65. The third-order valence-electron chi connectivity index (χ3n) is 3.78. The Hall–Kier alpha value is -1.79. The van der Waals surface area contributed by atoms with Gasteiger partial charge in [-0.3, -0.25) is 4.68 Å². The third-order valence-corrected chi connectivity index (χ3v) is 4.13. The molecule has 0 radical (unpaired) electrons. The number of rotatable bonds is 9. The first kappa shape index (κ1) is 19.5. The van der Waals surface area contributed by atoms with E-state index in [1.165, 1.54) is 0 Å². The van der Waals surface area contributed by atoms with Crippen molar-refractivity contribution in [2.45, 2.75) is 52.8 Å². The van der Waals surface area contributed by atoms with Gasteiger partial charge in [0.2, 0.25) is 0 Å². The van der Waals surface area contributed by atoms with Gasteiger partial charge in [-0.05, 0) is 38.8 Å². The summed E-state index contributed by atoms with van der Waals surface area (Å²) in [5.74, 6) is 2.29. The summed E-state index contributed by atoms with van der Waals surface area (Å²) in [6.45, 7) is 9.19. The summed E-state index contributed by atoms with van der Waals surface area (Å²) in [6.07, 6.45) is 2.52. The lowest BCUT2D eigenvalue weighted by Crippen LogP contribution is -2.23. The van der Waals surface area contributed by atoms with Crippen molar-refractivity contribution in [1.82, 2.24) is 20.1 Å². The molecule has 0 saturated heterocycles. The van der Waals surface area contributed by atoms with Crippen molar-refractivity contribution < 1.29 is 9.47 Å². The van der Waals surface area contributed by atoms with E-state index in [9.17, 15) is 0 Å². The molecule has 2 rings (SSSR count). The van der Waals surface area contributed by atoms with Gasteiger partial charge >= 0.3 is 0 Å². The van der Waals surface area contributed by atoms with Crippen LogP contribution in [-0.4, -0.2) is 27.5 Å². The second kappa shape index (κ2) is 9.06. The second-order valence-corrected chi connectivity index (χ2v) is 6.48. The molecule has 138 valence electrons. The summed E-state index contributed by atoms with van der Waals surface area (Å²) >= 11 is 6.46. The highest BCUT2D eigenvalue weighted by molar-refractivity contribution is 6.31. The lowest BCUT2D eigenvalue weighted by atomic mass is 10.1. The van der Waals surface area contributed by atoms with Gasteiger partial charge in [0.1, 0.15) is 12.2 Å². The van der Waals surface area contributed by atoms with Crippen LogP contribution in [0.4, 0.5) is 0 Å². The molecule has 1 heterocycles. The Balaban J connectivity index is 2.18. The Morgan fingerprint density at radius 3 is 2.56 bits per heavy atom. The normalized spacial score (nSPS) is 12.4. The predicted molar refractivity (Wildman–Crippen MR) is 99.3 cm³/mol. The summed E-state index contributed by atoms with van der Waals surface area (Å²) in [5.41, 5.74) is 0.960. The monoisotopic (exact) mass is 366 g/mol. The van der Waals surface area contributed by atoms with Gasteiger partial charge in [-0.1, -0.05) is 18.5 Å². The molecule has 1 aromatic heterocycles. The van der Waals surface area contributed by atoms with Gasteiger partial charge in [0.25, 0.3) is 0 Å². The fourth-order valence-corrected chi connectivity index (χ4v) is 2.82. The minimum absolute atomic E-state index is 0.0552. The molecule has 0 amide bonds. The summed E-state index contributed by atoms with van der Waals surface area (Å²) in [7, 11) is 1.89. The zero-order valence-corrected chi connectivity index (χ0v) is 16.3. The SMILES string of the molecule is CCOc1cc(CN[C@@H](CC)c2ncnn2C)c(Cl)cc1OC(C)C. The number of hydrogen-bond acceptors (Lipinski definition) is 5. The van der Waals surface area contributed by atoms with Crippen molar-refractivity contribution in [2.75, 3.05) is 6.61 Å². The number of nitrogens with zero attached hydrogens (tertiary/aromatic N) is 3. The highest BCUT2D eigenvalue weighted by Gasteiger charge is 2.17. The number of benzene rings is 1. The van der Waals surface area contributed by atoms with Crippen LogP contribution in [0.2, 0.25) is 5.02 Å². The fraction of sp³-hybridized carbons (Fsp3) is 0.556. The van der Waals surface area contributed by atoms with Gasteiger partial charge in [-0.2, -0.15) is 5.10 Å². The smallest absolute Gasteiger partial charge is 0.163 e. The van der Waals surface area contributed by atoms with E-state index in [1.807, 2.05) is 40.0 Å². The Morgan fingerprint density at radius 1 is 1.24 bits per heavy atom. The number of aromatic nitrogens is 3. The molecule has 1 atom stereocenters. The van der Waals surface area contributed by atoms with Crippen LogP contribution < -0.4 is 14.8 Å². The number of halogens is 1. The standard InChI is InChI=1S/C18H27ClN4O2/c1-6-15(18-21-11-22-23(18)5)20-10-13-8-16(24-7-2)17(9-14(13)19)25-12(3)4/h8-9,11-12,15,20H,6-7,10H2,1-5H3/t15-/m0/s1. The Labute approximate surface area is 154 Å². The average Bonchev–Trinajstić information content (AvgIpc) is 2.97. The van der Waals surface area contributed by atoms with E-state index in [2.05, 4.69) is 22.3 Å². The van der Waals surface area contributed by atoms with Crippen molar-refractivity contribution in [2.24, 2.45) is 7.05 Å². The maximum atomic E-state index is 6.46. The van der Waals surface area contributed by atoms with Gasteiger partial charge in [0.15, 0.2) is 11.5 Å². The molecule has 0 bridgehead atoms. The molecule has 7 heteroatoms. The Kier molecular flexibility index (Phi) is 7.08. The maximum absolute atomic E-state index is 6.46. The third kappa shape index (κ3) is 5.09. The maximum Gasteiger partial charge on any atom is 0.163 e. The molecular weight excluding hydrogens is 340 g/mol. The molecular formula is C18H27ClN4O2. The van der Waals surface area contributed by atoms with E-state index >= 15 is 0 Å². The minimum Gasteiger partial charge on any atom is -0.490 e. The van der Waals surface area contributed by atoms with Crippen LogP contribution in [-0.2, 0) is 13.6 Å². The first-order valence-corrected chi connectivity index (χ1v) is 9.03. The Morgan fingerprint density at radius 2 is 2.00 bits per heavy atom. The fourth-order valence-electron chi connectivity index (χ4n) is 2.60. The summed E-state index contributed by atoms with van der Waals surface area (Å²) in [4.78, 5) is 4.33. The lowest BCUT2D eigenvalue weighted by molar-refractivity contribution is 0.223. The summed E-state index contributed by atoms with van der Waals surface area (Å²) in [6, 6.07) is 3.87.